The third kappa shape index (κ3) is 1.99. The Morgan fingerprint density at radius 3 is 2.50 bits per heavy atom. The van der Waals surface area contributed by atoms with Gasteiger partial charge in [-0.2, -0.15) is 5.26 Å². The van der Waals surface area contributed by atoms with Crippen molar-refractivity contribution in [3.05, 3.63) is 29.3 Å². The molecule has 0 N–H and O–H groups in total. The standard InChI is InChI=1S/C16H21NO/c1-15(2,3)11-6-7-14(18-5)13(8-11)16(4)9-12(16)10-17/h6-8,12H,9H2,1-5H3. The maximum absolute atomic E-state index is 9.10. The topological polar surface area (TPSA) is 33.0 Å². The van der Waals surface area contributed by atoms with Gasteiger partial charge in [0.1, 0.15) is 5.75 Å². The molecule has 2 unspecified atom stereocenters. The lowest BCUT2D eigenvalue weighted by Gasteiger charge is -2.23. The lowest BCUT2D eigenvalue weighted by molar-refractivity contribution is 0.403. The van der Waals surface area contributed by atoms with Gasteiger partial charge in [-0.25, -0.2) is 0 Å². The highest BCUT2D eigenvalue weighted by Gasteiger charge is 2.53. The van der Waals surface area contributed by atoms with Gasteiger partial charge in [0.05, 0.1) is 19.1 Å². The number of hydrogen-bond acceptors (Lipinski definition) is 2. The first-order valence-corrected chi connectivity index (χ1v) is 6.41. The van der Waals surface area contributed by atoms with E-state index in [9.17, 15) is 0 Å². The van der Waals surface area contributed by atoms with Crippen LogP contribution >= 0.6 is 0 Å². The molecule has 0 bridgehead atoms. The zero-order valence-corrected chi connectivity index (χ0v) is 11.9. The second kappa shape index (κ2) is 4.02. The van der Waals surface area contributed by atoms with Crippen LogP contribution in [0, 0.1) is 17.2 Å². The van der Waals surface area contributed by atoms with E-state index in [4.69, 9.17) is 10.00 Å². The minimum Gasteiger partial charge on any atom is -0.496 e. The van der Waals surface area contributed by atoms with Gasteiger partial charge in [0.25, 0.3) is 0 Å². The summed E-state index contributed by atoms with van der Waals surface area (Å²) < 4.78 is 5.46. The van der Waals surface area contributed by atoms with Crippen molar-refractivity contribution in [1.82, 2.24) is 0 Å². The first-order chi connectivity index (χ1) is 8.32. The Morgan fingerprint density at radius 2 is 2.06 bits per heavy atom. The summed E-state index contributed by atoms with van der Waals surface area (Å²) in [6.45, 7) is 8.77. The van der Waals surface area contributed by atoms with Crippen molar-refractivity contribution in [1.29, 1.82) is 5.26 Å². The zero-order chi connectivity index (χ0) is 13.6. The van der Waals surface area contributed by atoms with Crippen LogP contribution in [0.15, 0.2) is 18.2 Å². The van der Waals surface area contributed by atoms with Gasteiger partial charge < -0.3 is 4.74 Å². The van der Waals surface area contributed by atoms with Gasteiger partial charge in [-0.3, -0.25) is 0 Å². The fourth-order valence-electron chi connectivity index (χ4n) is 2.47. The van der Waals surface area contributed by atoms with Crippen molar-refractivity contribution in [2.45, 2.75) is 44.9 Å². The summed E-state index contributed by atoms with van der Waals surface area (Å²) in [4.78, 5) is 0. The number of methoxy groups -OCH3 is 1. The van der Waals surface area contributed by atoms with Crippen molar-refractivity contribution < 1.29 is 4.74 Å². The minimum atomic E-state index is -0.0264. The van der Waals surface area contributed by atoms with E-state index in [1.165, 1.54) is 11.1 Å². The van der Waals surface area contributed by atoms with Crippen LogP contribution in [0.2, 0.25) is 0 Å². The lowest BCUT2D eigenvalue weighted by atomic mass is 9.83. The molecule has 0 radical (unpaired) electrons. The number of benzene rings is 1. The van der Waals surface area contributed by atoms with Crippen molar-refractivity contribution in [3.63, 3.8) is 0 Å². The average Bonchev–Trinajstić information content (AvgIpc) is 3.00. The van der Waals surface area contributed by atoms with Gasteiger partial charge in [-0.15, -0.1) is 0 Å². The Hall–Kier alpha value is -1.49. The molecule has 96 valence electrons. The molecule has 1 fully saturated rings. The van der Waals surface area contributed by atoms with Gasteiger partial charge in [-0.05, 0) is 23.5 Å². The summed E-state index contributed by atoms with van der Waals surface area (Å²) >= 11 is 0. The number of hydrogen-bond donors (Lipinski definition) is 0. The van der Waals surface area contributed by atoms with Crippen molar-refractivity contribution in [3.8, 4) is 11.8 Å². The second-order valence-electron chi connectivity index (χ2n) is 6.47. The number of nitriles is 1. The molecule has 2 nitrogen and oxygen atoms in total. The van der Waals surface area contributed by atoms with Gasteiger partial charge in [0.15, 0.2) is 0 Å². The van der Waals surface area contributed by atoms with E-state index >= 15 is 0 Å². The van der Waals surface area contributed by atoms with Crippen LogP contribution in [-0.4, -0.2) is 7.11 Å². The molecule has 0 aromatic heterocycles. The van der Waals surface area contributed by atoms with Gasteiger partial charge in [0.2, 0.25) is 0 Å². The second-order valence-corrected chi connectivity index (χ2v) is 6.47. The summed E-state index contributed by atoms with van der Waals surface area (Å²) in [5.41, 5.74) is 2.57. The van der Waals surface area contributed by atoms with Gasteiger partial charge in [0, 0.05) is 11.0 Å². The maximum Gasteiger partial charge on any atom is 0.122 e. The molecule has 0 amide bonds. The maximum atomic E-state index is 9.10. The van der Waals surface area contributed by atoms with Crippen LogP contribution < -0.4 is 4.74 Å². The molecular weight excluding hydrogens is 222 g/mol. The van der Waals surface area contributed by atoms with Crippen LogP contribution in [-0.2, 0) is 10.8 Å². The summed E-state index contributed by atoms with van der Waals surface area (Å²) in [6, 6.07) is 8.76. The highest BCUT2D eigenvalue weighted by molar-refractivity contribution is 5.49. The number of rotatable bonds is 2. The molecule has 1 saturated carbocycles. The van der Waals surface area contributed by atoms with Crippen LogP contribution in [0.3, 0.4) is 0 Å². The van der Waals surface area contributed by atoms with Crippen LogP contribution in [0.5, 0.6) is 5.75 Å². The summed E-state index contributed by atoms with van der Waals surface area (Å²) in [5, 5.41) is 9.10. The Labute approximate surface area is 110 Å². The van der Waals surface area contributed by atoms with Crippen LogP contribution in [0.25, 0.3) is 0 Å². The van der Waals surface area contributed by atoms with E-state index in [0.29, 0.717) is 0 Å². The lowest BCUT2D eigenvalue weighted by Crippen LogP contribution is -2.14. The molecule has 1 aromatic carbocycles. The van der Waals surface area contributed by atoms with Crippen LogP contribution in [0.1, 0.15) is 45.2 Å². The number of ether oxygens (including phenoxy) is 1. The van der Waals surface area contributed by atoms with E-state index in [1.54, 1.807) is 7.11 Å². The Kier molecular flexibility index (Phi) is 2.89. The Morgan fingerprint density at radius 1 is 1.39 bits per heavy atom. The molecule has 18 heavy (non-hydrogen) atoms. The average molecular weight is 243 g/mol. The summed E-state index contributed by atoms with van der Waals surface area (Å²) in [5.74, 6) is 1.03. The minimum absolute atomic E-state index is 0.0264. The smallest absolute Gasteiger partial charge is 0.122 e. The number of nitrogens with zero attached hydrogens (tertiary/aromatic N) is 1. The van der Waals surface area contributed by atoms with E-state index < -0.39 is 0 Å². The molecular formula is C16H21NO. The highest BCUT2D eigenvalue weighted by atomic mass is 16.5. The monoisotopic (exact) mass is 243 g/mol. The molecule has 2 atom stereocenters. The SMILES string of the molecule is COc1ccc(C(C)(C)C)cc1C1(C)CC1C#N. The van der Waals surface area contributed by atoms with E-state index in [0.717, 1.165) is 12.2 Å². The van der Waals surface area contributed by atoms with Crippen molar-refractivity contribution in [2.75, 3.05) is 7.11 Å². The fraction of sp³-hybridized carbons (Fsp3) is 0.562. The van der Waals surface area contributed by atoms with Crippen molar-refractivity contribution >= 4 is 0 Å². The quantitative estimate of drug-likeness (QED) is 0.791. The first-order valence-electron chi connectivity index (χ1n) is 6.41. The third-order valence-electron chi connectivity index (χ3n) is 4.07. The van der Waals surface area contributed by atoms with E-state index in [-0.39, 0.29) is 16.7 Å². The molecule has 0 aliphatic heterocycles. The third-order valence-corrected chi connectivity index (χ3v) is 4.07. The van der Waals surface area contributed by atoms with Gasteiger partial charge >= 0.3 is 0 Å². The molecule has 1 aromatic rings. The van der Waals surface area contributed by atoms with Crippen molar-refractivity contribution in [2.24, 2.45) is 5.92 Å². The highest BCUT2D eigenvalue weighted by Crippen LogP contribution is 2.56. The molecule has 1 aliphatic carbocycles. The summed E-state index contributed by atoms with van der Waals surface area (Å²) in [7, 11) is 1.70. The Balaban J connectivity index is 2.49. The molecule has 2 rings (SSSR count). The molecule has 2 heteroatoms. The molecule has 0 heterocycles. The predicted molar refractivity (Wildman–Crippen MR) is 72.8 cm³/mol. The normalized spacial score (nSPS) is 26.6. The molecule has 1 aliphatic rings. The fourth-order valence-corrected chi connectivity index (χ4v) is 2.47. The van der Waals surface area contributed by atoms with Gasteiger partial charge in [-0.1, -0.05) is 39.8 Å². The zero-order valence-electron chi connectivity index (χ0n) is 11.9. The summed E-state index contributed by atoms with van der Waals surface area (Å²) in [6.07, 6.45) is 0.938. The van der Waals surface area contributed by atoms with Crippen LogP contribution in [0.4, 0.5) is 0 Å². The molecule has 0 saturated heterocycles. The largest absolute Gasteiger partial charge is 0.496 e. The predicted octanol–water partition coefficient (Wildman–Crippen LogP) is 3.79. The first kappa shape index (κ1) is 13.0. The Bertz CT molecular complexity index is 507. The van der Waals surface area contributed by atoms with E-state index in [1.807, 2.05) is 6.07 Å². The molecule has 0 spiro atoms. The van der Waals surface area contributed by atoms with E-state index in [2.05, 4.69) is 45.9 Å².